The molecule has 0 aliphatic rings. The number of nitrogens with two attached hydrogens (primary N) is 1. The van der Waals surface area contributed by atoms with Gasteiger partial charge in [0.1, 0.15) is 6.54 Å². The first-order chi connectivity index (χ1) is 9.04. The predicted molar refractivity (Wildman–Crippen MR) is 79.0 cm³/mol. The van der Waals surface area contributed by atoms with E-state index in [9.17, 15) is 9.59 Å². The standard InChI is InChI=1S/C12H12BrN3O2S/c13-8-3-10(19-7-8)4-15-11(17)6-16-5-9(14)1-2-12(16)18/h1-3,5,7H,4,6,14H2,(H,15,17). The van der Waals surface area contributed by atoms with Crippen molar-refractivity contribution in [3.05, 3.63) is 49.5 Å². The number of amides is 1. The zero-order valence-electron chi connectivity index (χ0n) is 9.93. The second kappa shape index (κ2) is 6.03. The van der Waals surface area contributed by atoms with E-state index in [1.165, 1.54) is 22.9 Å². The highest BCUT2D eigenvalue weighted by Crippen LogP contribution is 2.19. The van der Waals surface area contributed by atoms with Gasteiger partial charge in [-0.25, -0.2) is 0 Å². The summed E-state index contributed by atoms with van der Waals surface area (Å²) in [4.78, 5) is 24.3. The number of nitrogen functional groups attached to an aromatic ring is 1. The van der Waals surface area contributed by atoms with Crippen LogP contribution in [0, 0.1) is 0 Å². The number of nitrogens with one attached hydrogen (secondary N) is 1. The van der Waals surface area contributed by atoms with Gasteiger partial charge in [-0.05, 0) is 28.1 Å². The van der Waals surface area contributed by atoms with Crippen LogP contribution >= 0.6 is 27.3 Å². The molecular weight excluding hydrogens is 330 g/mol. The molecule has 2 aromatic rings. The summed E-state index contributed by atoms with van der Waals surface area (Å²) >= 11 is 4.90. The molecule has 2 rings (SSSR count). The first-order valence-corrected chi connectivity index (χ1v) is 7.17. The number of carbonyl (C=O) groups excluding carboxylic acids is 1. The van der Waals surface area contributed by atoms with Crippen LogP contribution in [0.3, 0.4) is 0 Å². The van der Waals surface area contributed by atoms with Crippen molar-refractivity contribution in [3.8, 4) is 0 Å². The number of hydrogen-bond donors (Lipinski definition) is 2. The minimum Gasteiger partial charge on any atom is -0.398 e. The van der Waals surface area contributed by atoms with Crippen molar-refractivity contribution >= 4 is 38.9 Å². The highest BCUT2D eigenvalue weighted by molar-refractivity contribution is 9.10. The van der Waals surface area contributed by atoms with Gasteiger partial charge < -0.3 is 15.6 Å². The van der Waals surface area contributed by atoms with Crippen LogP contribution in [0.15, 0.2) is 39.0 Å². The molecule has 19 heavy (non-hydrogen) atoms. The number of halogens is 1. The van der Waals surface area contributed by atoms with Gasteiger partial charge in [-0.3, -0.25) is 9.59 Å². The van der Waals surface area contributed by atoms with Crippen LogP contribution < -0.4 is 16.6 Å². The lowest BCUT2D eigenvalue weighted by atomic mass is 10.4. The number of carbonyl (C=O) groups is 1. The maximum atomic E-state index is 11.7. The normalized spacial score (nSPS) is 10.4. The summed E-state index contributed by atoms with van der Waals surface area (Å²) in [6.45, 7) is 0.419. The average Bonchev–Trinajstić information content (AvgIpc) is 2.77. The lowest BCUT2D eigenvalue weighted by Gasteiger charge is -2.07. The van der Waals surface area contributed by atoms with Gasteiger partial charge >= 0.3 is 0 Å². The van der Waals surface area contributed by atoms with E-state index >= 15 is 0 Å². The summed E-state index contributed by atoms with van der Waals surface area (Å²) in [5.41, 5.74) is 5.78. The monoisotopic (exact) mass is 341 g/mol. The fourth-order valence-corrected chi connectivity index (χ4v) is 2.91. The van der Waals surface area contributed by atoms with E-state index in [4.69, 9.17) is 5.73 Å². The Hall–Kier alpha value is -1.60. The highest BCUT2D eigenvalue weighted by atomic mass is 79.9. The largest absolute Gasteiger partial charge is 0.398 e. The van der Waals surface area contributed by atoms with E-state index in [-0.39, 0.29) is 18.0 Å². The molecular formula is C12H12BrN3O2S. The number of rotatable bonds is 4. The van der Waals surface area contributed by atoms with E-state index in [1.54, 1.807) is 11.3 Å². The third-order valence-corrected chi connectivity index (χ3v) is 4.10. The summed E-state index contributed by atoms with van der Waals surface area (Å²) in [5, 5.41) is 4.71. The smallest absolute Gasteiger partial charge is 0.251 e. The molecule has 0 spiro atoms. The summed E-state index contributed by atoms with van der Waals surface area (Å²) < 4.78 is 2.28. The second-order valence-electron chi connectivity index (χ2n) is 3.94. The van der Waals surface area contributed by atoms with Crippen LogP contribution in [0.4, 0.5) is 5.69 Å². The fraction of sp³-hybridized carbons (Fsp3) is 0.167. The van der Waals surface area contributed by atoms with Crippen LogP contribution in [-0.2, 0) is 17.9 Å². The Kier molecular flexibility index (Phi) is 4.39. The van der Waals surface area contributed by atoms with Gasteiger partial charge in [-0.2, -0.15) is 0 Å². The van der Waals surface area contributed by atoms with Crippen molar-refractivity contribution < 1.29 is 4.79 Å². The molecule has 2 heterocycles. The number of hydrogen-bond acceptors (Lipinski definition) is 4. The Balaban J connectivity index is 1.94. The lowest BCUT2D eigenvalue weighted by molar-refractivity contribution is -0.121. The molecule has 5 nitrogen and oxygen atoms in total. The van der Waals surface area contributed by atoms with E-state index < -0.39 is 0 Å². The van der Waals surface area contributed by atoms with Crippen molar-refractivity contribution in [1.29, 1.82) is 0 Å². The van der Waals surface area contributed by atoms with E-state index in [0.29, 0.717) is 12.2 Å². The number of nitrogens with zero attached hydrogens (tertiary/aromatic N) is 1. The molecule has 100 valence electrons. The topological polar surface area (TPSA) is 77.1 Å². The Morgan fingerprint density at radius 2 is 2.26 bits per heavy atom. The fourth-order valence-electron chi connectivity index (χ4n) is 1.52. The van der Waals surface area contributed by atoms with Gasteiger partial charge in [-0.1, -0.05) is 0 Å². The molecule has 0 aromatic carbocycles. The maximum absolute atomic E-state index is 11.7. The minimum absolute atomic E-state index is 0.0313. The summed E-state index contributed by atoms with van der Waals surface area (Å²) in [5.74, 6) is -0.225. The Morgan fingerprint density at radius 3 is 2.95 bits per heavy atom. The molecule has 0 aliphatic heterocycles. The molecule has 0 fully saturated rings. The van der Waals surface area contributed by atoms with Gasteiger partial charge in [-0.15, -0.1) is 11.3 Å². The van der Waals surface area contributed by atoms with Gasteiger partial charge in [0, 0.05) is 32.7 Å². The van der Waals surface area contributed by atoms with Gasteiger partial charge in [0.05, 0.1) is 6.54 Å². The van der Waals surface area contributed by atoms with Crippen LogP contribution in [0.2, 0.25) is 0 Å². The molecule has 0 aliphatic carbocycles. The van der Waals surface area contributed by atoms with Gasteiger partial charge in [0.15, 0.2) is 0 Å². The third-order valence-electron chi connectivity index (χ3n) is 2.40. The Morgan fingerprint density at radius 1 is 1.47 bits per heavy atom. The average molecular weight is 342 g/mol. The van der Waals surface area contributed by atoms with Crippen LogP contribution in [-0.4, -0.2) is 10.5 Å². The quantitative estimate of drug-likeness (QED) is 0.886. The first-order valence-electron chi connectivity index (χ1n) is 5.50. The molecule has 3 N–H and O–H groups in total. The van der Waals surface area contributed by atoms with Crippen molar-refractivity contribution in [2.24, 2.45) is 0 Å². The van der Waals surface area contributed by atoms with E-state index in [0.717, 1.165) is 9.35 Å². The Bertz CT molecular complexity index is 650. The molecule has 1 amide bonds. The van der Waals surface area contributed by atoms with Crippen LogP contribution in [0.1, 0.15) is 4.88 Å². The van der Waals surface area contributed by atoms with Gasteiger partial charge in [0.2, 0.25) is 5.91 Å². The minimum atomic E-state index is -0.247. The summed E-state index contributed by atoms with van der Waals surface area (Å²) in [7, 11) is 0. The summed E-state index contributed by atoms with van der Waals surface area (Å²) in [6.07, 6.45) is 1.46. The van der Waals surface area contributed by atoms with Crippen molar-refractivity contribution in [1.82, 2.24) is 9.88 Å². The number of pyridine rings is 1. The number of anilines is 1. The van der Waals surface area contributed by atoms with E-state index in [2.05, 4.69) is 21.2 Å². The van der Waals surface area contributed by atoms with Crippen LogP contribution in [0.5, 0.6) is 0 Å². The highest BCUT2D eigenvalue weighted by Gasteiger charge is 2.05. The van der Waals surface area contributed by atoms with Crippen LogP contribution in [0.25, 0.3) is 0 Å². The van der Waals surface area contributed by atoms with Gasteiger partial charge in [0.25, 0.3) is 5.56 Å². The zero-order valence-corrected chi connectivity index (χ0v) is 12.3. The lowest BCUT2D eigenvalue weighted by Crippen LogP contribution is -2.31. The molecule has 0 radical (unpaired) electrons. The predicted octanol–water partition coefficient (Wildman–Crippen LogP) is 1.57. The molecule has 2 aromatic heterocycles. The first kappa shape index (κ1) is 13.8. The number of thiophene rings is 1. The molecule has 7 heteroatoms. The molecule has 0 unspecified atom stereocenters. The summed E-state index contributed by atoms with van der Waals surface area (Å²) in [6, 6.07) is 4.80. The molecule has 0 atom stereocenters. The Labute approximate surface area is 122 Å². The molecule has 0 bridgehead atoms. The maximum Gasteiger partial charge on any atom is 0.251 e. The SMILES string of the molecule is Nc1ccc(=O)n(CC(=O)NCc2cc(Br)cs2)c1. The third kappa shape index (κ3) is 3.93. The second-order valence-corrected chi connectivity index (χ2v) is 5.85. The molecule has 0 saturated heterocycles. The molecule has 0 saturated carbocycles. The van der Waals surface area contributed by atoms with Crippen molar-refractivity contribution in [2.75, 3.05) is 5.73 Å². The van der Waals surface area contributed by atoms with Crippen molar-refractivity contribution in [3.63, 3.8) is 0 Å². The number of aromatic nitrogens is 1. The van der Waals surface area contributed by atoms with Crippen molar-refractivity contribution in [2.45, 2.75) is 13.1 Å². The van der Waals surface area contributed by atoms with E-state index in [1.807, 2.05) is 11.4 Å². The zero-order chi connectivity index (χ0) is 13.8.